The minimum atomic E-state index is 0.690. The Morgan fingerprint density at radius 1 is 1.29 bits per heavy atom. The van der Waals surface area contributed by atoms with Crippen molar-refractivity contribution in [3.05, 3.63) is 45.8 Å². The number of anilines is 1. The average Bonchev–Trinajstić information content (AvgIpc) is 2.50. The van der Waals surface area contributed by atoms with Gasteiger partial charge in [0.15, 0.2) is 0 Å². The third-order valence-corrected chi connectivity index (χ3v) is 4.02. The van der Waals surface area contributed by atoms with Crippen molar-refractivity contribution in [1.29, 1.82) is 0 Å². The molecule has 0 saturated heterocycles. The van der Waals surface area contributed by atoms with Gasteiger partial charge in [0, 0.05) is 13.5 Å². The van der Waals surface area contributed by atoms with Gasteiger partial charge in [0.25, 0.3) is 0 Å². The van der Waals surface area contributed by atoms with E-state index in [1.165, 1.54) is 0 Å². The lowest BCUT2D eigenvalue weighted by atomic mass is 10.1. The van der Waals surface area contributed by atoms with Crippen molar-refractivity contribution in [3.8, 4) is 5.75 Å². The molecule has 0 spiro atoms. The first-order chi connectivity index (χ1) is 10.2. The highest BCUT2D eigenvalue weighted by atomic mass is 79.9. The number of halogens is 1. The predicted octanol–water partition coefficient (Wildman–Crippen LogP) is 3.83. The van der Waals surface area contributed by atoms with Crippen LogP contribution in [0, 0.1) is 0 Å². The summed E-state index contributed by atoms with van der Waals surface area (Å²) in [6, 6.07) is 8.00. The Balaban J connectivity index is 2.32. The minimum Gasteiger partial charge on any atom is -0.497 e. The van der Waals surface area contributed by atoms with Crippen LogP contribution in [0.15, 0.2) is 28.7 Å². The molecule has 0 aliphatic rings. The molecule has 0 amide bonds. The van der Waals surface area contributed by atoms with E-state index < -0.39 is 0 Å². The molecule has 0 saturated carbocycles. The van der Waals surface area contributed by atoms with Crippen LogP contribution in [-0.4, -0.2) is 24.1 Å². The second kappa shape index (κ2) is 7.41. The van der Waals surface area contributed by atoms with Gasteiger partial charge in [-0.3, -0.25) is 0 Å². The molecule has 2 rings (SSSR count). The van der Waals surface area contributed by atoms with Gasteiger partial charge in [0.1, 0.15) is 17.4 Å². The standard InChI is InChI=1S/C16H20BrN3O/c1-4-6-13-15(17)16(18-2)20-14(19-13)10-11-7-5-8-12(9-11)21-3/h5,7-9H,4,6,10H2,1-3H3,(H,18,19,20). The van der Waals surface area contributed by atoms with Crippen LogP contribution in [0.3, 0.4) is 0 Å². The summed E-state index contributed by atoms with van der Waals surface area (Å²) in [5.74, 6) is 2.51. The quantitative estimate of drug-likeness (QED) is 0.860. The largest absolute Gasteiger partial charge is 0.497 e. The summed E-state index contributed by atoms with van der Waals surface area (Å²) in [5, 5.41) is 3.12. The second-order valence-corrected chi connectivity index (χ2v) is 5.57. The van der Waals surface area contributed by atoms with Crippen LogP contribution >= 0.6 is 15.9 Å². The van der Waals surface area contributed by atoms with Crippen LogP contribution in [0.4, 0.5) is 5.82 Å². The number of nitrogens with zero attached hydrogens (tertiary/aromatic N) is 2. The molecule has 112 valence electrons. The molecule has 1 aromatic carbocycles. The number of benzene rings is 1. The Labute approximate surface area is 134 Å². The maximum absolute atomic E-state index is 5.26. The highest BCUT2D eigenvalue weighted by Crippen LogP contribution is 2.25. The third kappa shape index (κ3) is 3.94. The Hall–Kier alpha value is -1.62. The second-order valence-electron chi connectivity index (χ2n) is 4.78. The number of hydrogen-bond acceptors (Lipinski definition) is 4. The van der Waals surface area contributed by atoms with Crippen LogP contribution in [0.1, 0.15) is 30.4 Å². The fourth-order valence-electron chi connectivity index (χ4n) is 2.16. The zero-order chi connectivity index (χ0) is 15.2. The SMILES string of the molecule is CCCc1nc(Cc2cccc(OC)c2)nc(NC)c1Br. The van der Waals surface area contributed by atoms with Gasteiger partial charge >= 0.3 is 0 Å². The lowest BCUT2D eigenvalue weighted by Gasteiger charge is -2.11. The smallest absolute Gasteiger partial charge is 0.144 e. The first-order valence-electron chi connectivity index (χ1n) is 7.03. The zero-order valence-electron chi connectivity index (χ0n) is 12.6. The first-order valence-corrected chi connectivity index (χ1v) is 7.83. The summed E-state index contributed by atoms with van der Waals surface area (Å²) in [6.45, 7) is 2.15. The molecule has 4 nitrogen and oxygen atoms in total. The minimum absolute atomic E-state index is 0.690. The first kappa shape index (κ1) is 15.8. The molecule has 1 N–H and O–H groups in total. The molecule has 0 atom stereocenters. The summed E-state index contributed by atoms with van der Waals surface area (Å²) in [6.07, 6.45) is 2.68. The van der Waals surface area contributed by atoms with Crippen LogP contribution in [-0.2, 0) is 12.8 Å². The van der Waals surface area contributed by atoms with E-state index in [2.05, 4.69) is 44.2 Å². The molecule has 0 aliphatic carbocycles. The van der Waals surface area contributed by atoms with Gasteiger partial charge in [-0.1, -0.05) is 25.5 Å². The van der Waals surface area contributed by atoms with E-state index in [0.717, 1.165) is 46.0 Å². The van der Waals surface area contributed by atoms with Gasteiger partial charge in [0.05, 0.1) is 17.3 Å². The van der Waals surface area contributed by atoms with Crippen molar-refractivity contribution < 1.29 is 4.74 Å². The summed E-state index contributed by atoms with van der Waals surface area (Å²) >= 11 is 3.58. The maximum atomic E-state index is 5.26. The van der Waals surface area contributed by atoms with Crippen molar-refractivity contribution in [3.63, 3.8) is 0 Å². The molecule has 2 aromatic rings. The van der Waals surface area contributed by atoms with Gasteiger partial charge in [-0.2, -0.15) is 0 Å². The summed E-state index contributed by atoms with van der Waals surface area (Å²) in [4.78, 5) is 9.26. The molecule has 5 heteroatoms. The Morgan fingerprint density at radius 2 is 2.10 bits per heavy atom. The molecular formula is C16H20BrN3O. The van der Waals surface area contributed by atoms with E-state index in [4.69, 9.17) is 4.74 Å². The monoisotopic (exact) mass is 349 g/mol. The van der Waals surface area contributed by atoms with E-state index in [1.807, 2.05) is 25.2 Å². The fourth-order valence-corrected chi connectivity index (χ4v) is 2.73. The predicted molar refractivity (Wildman–Crippen MR) is 89.1 cm³/mol. The van der Waals surface area contributed by atoms with E-state index in [1.54, 1.807) is 7.11 Å². The van der Waals surface area contributed by atoms with Gasteiger partial charge < -0.3 is 10.1 Å². The Morgan fingerprint density at radius 3 is 2.76 bits per heavy atom. The van der Waals surface area contributed by atoms with Crippen molar-refractivity contribution in [2.24, 2.45) is 0 Å². The number of hydrogen-bond donors (Lipinski definition) is 1. The molecule has 0 unspecified atom stereocenters. The highest BCUT2D eigenvalue weighted by Gasteiger charge is 2.11. The third-order valence-electron chi connectivity index (χ3n) is 3.19. The van der Waals surface area contributed by atoms with E-state index in [0.29, 0.717) is 6.42 Å². The number of rotatable bonds is 6. The fraction of sp³-hybridized carbons (Fsp3) is 0.375. The van der Waals surface area contributed by atoms with Crippen molar-refractivity contribution in [1.82, 2.24) is 9.97 Å². The van der Waals surface area contributed by atoms with Crippen LogP contribution in [0.2, 0.25) is 0 Å². The molecule has 0 aliphatic heterocycles. The molecule has 1 heterocycles. The van der Waals surface area contributed by atoms with Gasteiger partial charge in [0.2, 0.25) is 0 Å². The molecular weight excluding hydrogens is 330 g/mol. The molecule has 0 bridgehead atoms. The average molecular weight is 350 g/mol. The number of aryl methyl sites for hydroxylation is 1. The van der Waals surface area contributed by atoms with Gasteiger partial charge in [-0.15, -0.1) is 0 Å². The van der Waals surface area contributed by atoms with Crippen LogP contribution in [0.5, 0.6) is 5.75 Å². The topological polar surface area (TPSA) is 47.0 Å². The van der Waals surface area contributed by atoms with Gasteiger partial charge in [-0.25, -0.2) is 9.97 Å². The maximum Gasteiger partial charge on any atom is 0.144 e. The summed E-state index contributed by atoms with van der Waals surface area (Å²) in [7, 11) is 3.55. The van der Waals surface area contributed by atoms with Gasteiger partial charge in [-0.05, 0) is 40.0 Å². The summed E-state index contributed by atoms with van der Waals surface area (Å²) in [5.41, 5.74) is 2.19. The number of aromatic nitrogens is 2. The van der Waals surface area contributed by atoms with Crippen LogP contribution < -0.4 is 10.1 Å². The van der Waals surface area contributed by atoms with Crippen molar-refractivity contribution in [2.45, 2.75) is 26.2 Å². The van der Waals surface area contributed by atoms with Crippen molar-refractivity contribution in [2.75, 3.05) is 19.5 Å². The lowest BCUT2D eigenvalue weighted by molar-refractivity contribution is 0.414. The molecule has 0 radical (unpaired) electrons. The van der Waals surface area contributed by atoms with E-state index >= 15 is 0 Å². The van der Waals surface area contributed by atoms with Crippen LogP contribution in [0.25, 0.3) is 0 Å². The Bertz CT molecular complexity index is 616. The normalized spacial score (nSPS) is 10.5. The summed E-state index contributed by atoms with van der Waals surface area (Å²) < 4.78 is 6.22. The molecule has 21 heavy (non-hydrogen) atoms. The zero-order valence-corrected chi connectivity index (χ0v) is 14.2. The molecule has 1 aromatic heterocycles. The van der Waals surface area contributed by atoms with E-state index in [-0.39, 0.29) is 0 Å². The number of methoxy groups -OCH3 is 1. The Kier molecular flexibility index (Phi) is 5.56. The van der Waals surface area contributed by atoms with Crippen molar-refractivity contribution >= 4 is 21.7 Å². The number of ether oxygens (including phenoxy) is 1. The highest BCUT2D eigenvalue weighted by molar-refractivity contribution is 9.10. The lowest BCUT2D eigenvalue weighted by Crippen LogP contribution is -2.06. The van der Waals surface area contributed by atoms with E-state index in [9.17, 15) is 0 Å². The molecule has 0 fully saturated rings. The number of nitrogens with one attached hydrogen (secondary N) is 1.